The number of amides is 2. The second kappa shape index (κ2) is 10.5. The molecule has 1 aromatic heterocycles. The van der Waals surface area contributed by atoms with Crippen molar-refractivity contribution in [2.24, 2.45) is 0 Å². The topological polar surface area (TPSA) is 86.1 Å². The van der Waals surface area contributed by atoms with Crippen molar-refractivity contribution in [2.75, 3.05) is 38.3 Å². The number of nitrogens with zero attached hydrogens (tertiary/aromatic N) is 4. The van der Waals surface area contributed by atoms with Gasteiger partial charge in [-0.3, -0.25) is 9.59 Å². The Morgan fingerprint density at radius 3 is 2.31 bits per heavy atom. The standard InChI is InChI=1S/C30H34N4O5/c1-3-38-39-19-26-25-14-18-33(29(36)28(25)34(31-26)23-10-12-24(37-2)13-11-23)22-8-6-21(7-9-22)30(15-16-30)20-32-17-4-5-27(32)35/h6-13H,3-5,14-20H2,1-2H3. The monoisotopic (exact) mass is 530 g/mol. The fourth-order valence-corrected chi connectivity index (χ4v) is 5.80. The zero-order chi connectivity index (χ0) is 27.0. The van der Waals surface area contributed by atoms with Crippen LogP contribution in [0.2, 0.25) is 0 Å². The molecule has 1 saturated heterocycles. The highest BCUT2D eigenvalue weighted by atomic mass is 17.2. The molecule has 6 rings (SSSR count). The molecule has 1 saturated carbocycles. The molecule has 2 aliphatic heterocycles. The van der Waals surface area contributed by atoms with Crippen molar-refractivity contribution in [2.45, 2.75) is 51.0 Å². The molecule has 0 unspecified atom stereocenters. The molecular formula is C30H34N4O5. The number of rotatable bonds is 10. The van der Waals surface area contributed by atoms with Gasteiger partial charge in [-0.1, -0.05) is 12.1 Å². The minimum atomic E-state index is -0.0984. The van der Waals surface area contributed by atoms with E-state index >= 15 is 0 Å². The molecule has 0 spiro atoms. The number of likely N-dealkylation sites (tertiary alicyclic amines) is 1. The van der Waals surface area contributed by atoms with Crippen LogP contribution in [0.1, 0.15) is 59.9 Å². The fourth-order valence-electron chi connectivity index (χ4n) is 5.80. The maximum atomic E-state index is 14.0. The van der Waals surface area contributed by atoms with Gasteiger partial charge in [0.15, 0.2) is 0 Å². The summed E-state index contributed by atoms with van der Waals surface area (Å²) in [7, 11) is 1.62. The molecule has 1 aliphatic carbocycles. The Hall–Kier alpha value is -3.69. The summed E-state index contributed by atoms with van der Waals surface area (Å²) < 4.78 is 7.01. The lowest BCUT2D eigenvalue weighted by Gasteiger charge is -2.29. The summed E-state index contributed by atoms with van der Waals surface area (Å²) in [6, 6.07) is 15.8. The summed E-state index contributed by atoms with van der Waals surface area (Å²) in [6.45, 7) is 4.67. The summed E-state index contributed by atoms with van der Waals surface area (Å²) in [5.41, 5.74) is 5.05. The number of methoxy groups -OCH3 is 1. The average Bonchev–Trinajstić information content (AvgIpc) is 3.50. The highest BCUT2D eigenvalue weighted by Crippen LogP contribution is 2.49. The molecule has 0 radical (unpaired) electrons. The number of carbonyl (C=O) groups excluding carboxylic acids is 2. The molecular weight excluding hydrogens is 496 g/mol. The van der Waals surface area contributed by atoms with Gasteiger partial charge in [0, 0.05) is 42.7 Å². The van der Waals surface area contributed by atoms with Crippen LogP contribution in [0, 0.1) is 0 Å². The van der Waals surface area contributed by atoms with Crippen LogP contribution < -0.4 is 9.64 Å². The largest absolute Gasteiger partial charge is 0.497 e. The first-order valence-electron chi connectivity index (χ1n) is 13.7. The fraction of sp³-hybridized carbons (Fsp3) is 0.433. The van der Waals surface area contributed by atoms with Gasteiger partial charge in [0.2, 0.25) is 5.91 Å². The van der Waals surface area contributed by atoms with Crippen LogP contribution in [-0.4, -0.2) is 59.8 Å². The maximum absolute atomic E-state index is 14.0. The van der Waals surface area contributed by atoms with Crippen molar-refractivity contribution in [1.29, 1.82) is 0 Å². The van der Waals surface area contributed by atoms with Crippen LogP contribution >= 0.6 is 0 Å². The molecule has 39 heavy (non-hydrogen) atoms. The Balaban J connectivity index is 1.27. The van der Waals surface area contributed by atoms with E-state index in [-0.39, 0.29) is 23.8 Å². The van der Waals surface area contributed by atoms with Crippen molar-refractivity contribution in [1.82, 2.24) is 14.7 Å². The van der Waals surface area contributed by atoms with Gasteiger partial charge in [-0.05, 0) is 74.6 Å². The second-order valence-electron chi connectivity index (χ2n) is 10.5. The Morgan fingerprint density at radius 1 is 0.923 bits per heavy atom. The van der Waals surface area contributed by atoms with Crippen LogP contribution in [0.15, 0.2) is 48.5 Å². The van der Waals surface area contributed by atoms with Gasteiger partial charge in [-0.25, -0.2) is 14.5 Å². The normalized spacial score (nSPS) is 18.0. The molecule has 2 fully saturated rings. The van der Waals surface area contributed by atoms with Gasteiger partial charge < -0.3 is 14.5 Å². The van der Waals surface area contributed by atoms with E-state index in [0.717, 1.165) is 55.0 Å². The van der Waals surface area contributed by atoms with Crippen LogP contribution in [0.3, 0.4) is 0 Å². The van der Waals surface area contributed by atoms with Gasteiger partial charge in [-0.2, -0.15) is 5.10 Å². The molecule has 9 heteroatoms. The molecule has 204 valence electrons. The van der Waals surface area contributed by atoms with Crippen LogP contribution in [0.5, 0.6) is 5.75 Å². The summed E-state index contributed by atoms with van der Waals surface area (Å²) in [5.74, 6) is 0.904. The van der Waals surface area contributed by atoms with E-state index in [1.54, 1.807) is 11.8 Å². The highest BCUT2D eigenvalue weighted by Gasteiger charge is 2.46. The summed E-state index contributed by atoms with van der Waals surface area (Å²) >= 11 is 0. The quantitative estimate of drug-likeness (QED) is 0.222. The number of aromatic nitrogens is 2. The molecule has 0 bridgehead atoms. The Labute approximate surface area is 228 Å². The van der Waals surface area contributed by atoms with Crippen molar-refractivity contribution in [3.8, 4) is 11.4 Å². The number of fused-ring (bicyclic) bond motifs is 1. The average molecular weight is 531 g/mol. The van der Waals surface area contributed by atoms with Crippen LogP contribution in [0.4, 0.5) is 5.69 Å². The van der Waals surface area contributed by atoms with Crippen molar-refractivity contribution >= 4 is 17.5 Å². The molecule has 3 aliphatic rings. The number of carbonyl (C=O) groups is 2. The number of anilines is 1. The number of hydrogen-bond acceptors (Lipinski definition) is 6. The predicted octanol–water partition coefficient (Wildman–Crippen LogP) is 4.21. The third kappa shape index (κ3) is 4.81. The lowest BCUT2D eigenvalue weighted by molar-refractivity contribution is -0.301. The van der Waals surface area contributed by atoms with Gasteiger partial charge in [0.25, 0.3) is 5.91 Å². The number of ether oxygens (including phenoxy) is 1. The third-order valence-corrected chi connectivity index (χ3v) is 8.12. The highest BCUT2D eigenvalue weighted by molar-refractivity contribution is 6.07. The number of benzene rings is 2. The summed E-state index contributed by atoms with van der Waals surface area (Å²) in [6.07, 6.45) is 4.47. The first-order valence-corrected chi connectivity index (χ1v) is 13.7. The lowest BCUT2D eigenvalue weighted by atomic mass is 9.94. The molecule has 9 nitrogen and oxygen atoms in total. The molecule has 2 aromatic carbocycles. The first-order chi connectivity index (χ1) is 19.0. The van der Waals surface area contributed by atoms with Gasteiger partial charge >= 0.3 is 0 Å². The van der Waals surface area contributed by atoms with E-state index in [0.29, 0.717) is 37.4 Å². The van der Waals surface area contributed by atoms with E-state index < -0.39 is 0 Å². The minimum Gasteiger partial charge on any atom is -0.497 e. The Kier molecular flexibility index (Phi) is 6.86. The van der Waals surface area contributed by atoms with Gasteiger partial charge in [0.05, 0.1) is 25.1 Å². The molecule has 2 amide bonds. The van der Waals surface area contributed by atoms with Gasteiger partial charge in [0.1, 0.15) is 18.1 Å². The van der Waals surface area contributed by atoms with E-state index in [4.69, 9.17) is 19.6 Å². The molecule has 3 heterocycles. The third-order valence-electron chi connectivity index (χ3n) is 8.12. The van der Waals surface area contributed by atoms with E-state index in [1.165, 1.54) is 5.56 Å². The predicted molar refractivity (Wildman–Crippen MR) is 145 cm³/mol. The Bertz CT molecular complexity index is 1360. The second-order valence-corrected chi connectivity index (χ2v) is 10.5. The van der Waals surface area contributed by atoms with Crippen molar-refractivity contribution in [3.63, 3.8) is 0 Å². The summed E-state index contributed by atoms with van der Waals surface area (Å²) in [5, 5.41) is 4.77. The molecule has 3 aromatic rings. The van der Waals surface area contributed by atoms with E-state index in [2.05, 4.69) is 12.1 Å². The van der Waals surface area contributed by atoms with Crippen LogP contribution in [-0.2, 0) is 33.0 Å². The van der Waals surface area contributed by atoms with Crippen molar-refractivity contribution < 1.29 is 24.1 Å². The van der Waals surface area contributed by atoms with E-state index in [9.17, 15) is 9.59 Å². The Morgan fingerprint density at radius 2 is 1.67 bits per heavy atom. The SMILES string of the molecule is CCOOCc1nn(-c2ccc(OC)cc2)c2c1CCN(c1ccc(C3(CN4CCCC4=O)CC3)cc1)C2=O. The molecule has 0 atom stereocenters. The van der Waals surface area contributed by atoms with Gasteiger partial charge in [-0.15, -0.1) is 0 Å². The van der Waals surface area contributed by atoms with Crippen molar-refractivity contribution in [3.05, 3.63) is 71.0 Å². The molecule has 0 N–H and O–H groups in total. The minimum absolute atomic E-state index is 0.0556. The zero-order valence-electron chi connectivity index (χ0n) is 22.5. The maximum Gasteiger partial charge on any atom is 0.277 e. The lowest BCUT2D eigenvalue weighted by Crippen LogP contribution is -2.39. The number of hydrogen-bond donors (Lipinski definition) is 0. The van der Waals surface area contributed by atoms with Crippen LogP contribution in [0.25, 0.3) is 5.69 Å². The van der Waals surface area contributed by atoms with E-state index in [1.807, 2.05) is 53.1 Å². The summed E-state index contributed by atoms with van der Waals surface area (Å²) in [4.78, 5) is 40.4. The first kappa shape index (κ1) is 25.6. The zero-order valence-corrected chi connectivity index (χ0v) is 22.5. The smallest absolute Gasteiger partial charge is 0.277 e.